The lowest BCUT2D eigenvalue weighted by Gasteiger charge is -2.16. The van der Waals surface area contributed by atoms with E-state index >= 15 is 0 Å². The van der Waals surface area contributed by atoms with Crippen LogP contribution in [0, 0.1) is 6.92 Å². The molecular weight excluding hydrogens is 410 g/mol. The summed E-state index contributed by atoms with van der Waals surface area (Å²) in [4.78, 5) is 30.4. The fraction of sp³-hybridized carbons (Fsp3) is 0.261. The summed E-state index contributed by atoms with van der Waals surface area (Å²) in [6, 6.07) is 6.85. The molecule has 166 valence electrons. The summed E-state index contributed by atoms with van der Waals surface area (Å²) in [6.07, 6.45) is 3.47. The molecule has 0 saturated heterocycles. The second kappa shape index (κ2) is 8.35. The first kappa shape index (κ1) is 21.4. The van der Waals surface area contributed by atoms with Crippen molar-refractivity contribution in [3.63, 3.8) is 0 Å². The third-order valence-electron chi connectivity index (χ3n) is 5.52. The Morgan fingerprint density at radius 2 is 2.19 bits per heavy atom. The van der Waals surface area contributed by atoms with E-state index in [0.29, 0.717) is 34.9 Å². The van der Waals surface area contributed by atoms with Gasteiger partial charge in [0.15, 0.2) is 17.5 Å². The molecule has 1 aliphatic rings. The highest BCUT2D eigenvalue weighted by atomic mass is 16.3. The first-order chi connectivity index (χ1) is 15.2. The smallest absolute Gasteiger partial charge is 0.256 e. The first-order valence-corrected chi connectivity index (χ1v) is 10.2. The number of para-hydroxylation sites is 1. The molecule has 5 N–H and O–H groups in total. The molecule has 9 heteroatoms. The number of anilines is 3. The maximum absolute atomic E-state index is 12.7. The monoisotopic (exact) mass is 435 g/mol. The summed E-state index contributed by atoms with van der Waals surface area (Å²) < 4.78 is 5.78. The Balaban J connectivity index is 1.49. The van der Waals surface area contributed by atoms with E-state index < -0.39 is 18.1 Å². The highest BCUT2D eigenvalue weighted by Gasteiger charge is 2.27. The topological polar surface area (TPSA) is 134 Å². The van der Waals surface area contributed by atoms with Gasteiger partial charge in [-0.15, -0.1) is 0 Å². The van der Waals surface area contributed by atoms with E-state index in [1.165, 1.54) is 6.08 Å². The zero-order chi connectivity index (χ0) is 23.0. The van der Waals surface area contributed by atoms with Gasteiger partial charge >= 0.3 is 0 Å². The Morgan fingerprint density at radius 1 is 1.41 bits per heavy atom. The zero-order valence-corrected chi connectivity index (χ0v) is 18.0. The second-order valence-corrected chi connectivity index (χ2v) is 7.92. The number of furan rings is 1. The van der Waals surface area contributed by atoms with Crippen LogP contribution in [0.25, 0.3) is 17.0 Å². The summed E-state index contributed by atoms with van der Waals surface area (Å²) in [5.74, 6) is 0.351. The van der Waals surface area contributed by atoms with Gasteiger partial charge in [0.2, 0.25) is 5.91 Å². The molecule has 0 fully saturated rings. The van der Waals surface area contributed by atoms with Crippen molar-refractivity contribution in [2.75, 3.05) is 23.4 Å². The van der Waals surface area contributed by atoms with Gasteiger partial charge < -0.3 is 30.8 Å². The number of aliphatic hydroxyl groups is 1. The van der Waals surface area contributed by atoms with E-state index in [4.69, 9.17) is 10.2 Å². The maximum Gasteiger partial charge on any atom is 0.256 e. The van der Waals surface area contributed by atoms with E-state index in [0.717, 1.165) is 16.7 Å². The molecule has 0 unspecified atom stereocenters. The van der Waals surface area contributed by atoms with Gasteiger partial charge in [-0.1, -0.05) is 12.1 Å². The molecule has 32 heavy (non-hydrogen) atoms. The molecule has 3 aromatic rings. The molecule has 1 aromatic carbocycles. The molecule has 0 spiro atoms. The van der Waals surface area contributed by atoms with Gasteiger partial charge in [-0.25, -0.2) is 4.98 Å². The fourth-order valence-corrected chi connectivity index (χ4v) is 3.64. The number of amides is 2. The van der Waals surface area contributed by atoms with E-state index in [1.54, 1.807) is 43.3 Å². The standard InChI is InChI=1S/C23H25N5O4/c1-12-20(30)23(31)27-22-18(26-12)9-14(10-25-22)7-8-19(29)28(3)11-16-13(2)32-21-15(16)5-4-6-17(21)24/h4-10,12,20,26,30H,11,24H2,1-3H3,(H,25,27,31)/b8-7+/t12-,20+/m1/s1. The molecule has 2 atom stereocenters. The minimum atomic E-state index is -1.18. The zero-order valence-electron chi connectivity index (χ0n) is 18.0. The van der Waals surface area contributed by atoms with Crippen LogP contribution in [0.1, 0.15) is 23.8 Å². The molecule has 0 radical (unpaired) electrons. The number of likely N-dealkylation sites (N-methyl/N-ethyl adjacent to an activating group) is 1. The van der Waals surface area contributed by atoms with Crippen LogP contribution in [0.3, 0.4) is 0 Å². The van der Waals surface area contributed by atoms with Crippen LogP contribution in [0.5, 0.6) is 0 Å². The Hall–Kier alpha value is -3.85. The number of carbonyl (C=O) groups excluding carboxylic acids is 2. The molecule has 3 heterocycles. The van der Waals surface area contributed by atoms with Crippen LogP contribution < -0.4 is 16.4 Å². The second-order valence-electron chi connectivity index (χ2n) is 7.92. The van der Waals surface area contributed by atoms with Crippen LogP contribution in [0.4, 0.5) is 17.2 Å². The van der Waals surface area contributed by atoms with Crippen molar-refractivity contribution in [2.45, 2.75) is 32.5 Å². The normalized spacial score (nSPS) is 18.2. The van der Waals surface area contributed by atoms with Crippen molar-refractivity contribution in [1.29, 1.82) is 0 Å². The van der Waals surface area contributed by atoms with Gasteiger partial charge in [0.25, 0.3) is 5.91 Å². The van der Waals surface area contributed by atoms with E-state index in [2.05, 4.69) is 15.6 Å². The lowest BCUT2D eigenvalue weighted by Crippen LogP contribution is -2.38. The molecule has 9 nitrogen and oxygen atoms in total. The lowest BCUT2D eigenvalue weighted by molar-refractivity contribution is -0.125. The number of carbonyl (C=O) groups is 2. The van der Waals surface area contributed by atoms with Crippen molar-refractivity contribution in [1.82, 2.24) is 9.88 Å². The number of rotatable bonds is 4. The molecule has 2 amide bonds. The number of hydrogen-bond donors (Lipinski definition) is 4. The van der Waals surface area contributed by atoms with Crippen LogP contribution in [0.15, 0.2) is 41.0 Å². The third kappa shape index (κ3) is 4.02. The van der Waals surface area contributed by atoms with E-state index in [1.807, 2.05) is 19.1 Å². The number of nitrogen functional groups attached to an aromatic ring is 1. The van der Waals surface area contributed by atoms with Crippen molar-refractivity contribution in [3.05, 3.63) is 53.4 Å². The number of fused-ring (bicyclic) bond motifs is 2. The van der Waals surface area contributed by atoms with Crippen molar-refractivity contribution >= 4 is 46.1 Å². The number of aryl methyl sites for hydroxylation is 1. The number of hydrogen-bond acceptors (Lipinski definition) is 7. The number of nitrogens with zero attached hydrogens (tertiary/aromatic N) is 2. The van der Waals surface area contributed by atoms with Gasteiger partial charge in [0.05, 0.1) is 17.4 Å². The Labute approximate surface area is 184 Å². The fourth-order valence-electron chi connectivity index (χ4n) is 3.64. The largest absolute Gasteiger partial charge is 0.459 e. The van der Waals surface area contributed by atoms with E-state index in [-0.39, 0.29) is 5.91 Å². The number of benzene rings is 1. The predicted molar refractivity (Wildman–Crippen MR) is 123 cm³/mol. The molecule has 4 rings (SSSR count). The van der Waals surface area contributed by atoms with Crippen molar-refractivity contribution in [2.24, 2.45) is 0 Å². The average Bonchev–Trinajstić information content (AvgIpc) is 3.03. The quantitative estimate of drug-likeness (QED) is 0.365. The van der Waals surface area contributed by atoms with Gasteiger partial charge in [-0.05, 0) is 37.6 Å². The molecule has 0 bridgehead atoms. The number of aromatic nitrogens is 1. The summed E-state index contributed by atoms with van der Waals surface area (Å²) in [7, 11) is 1.71. The van der Waals surface area contributed by atoms with Crippen LogP contribution in [0.2, 0.25) is 0 Å². The highest BCUT2D eigenvalue weighted by Crippen LogP contribution is 2.30. The molecule has 2 aromatic heterocycles. The lowest BCUT2D eigenvalue weighted by atomic mass is 10.1. The van der Waals surface area contributed by atoms with Gasteiger partial charge in [0.1, 0.15) is 5.76 Å². The predicted octanol–water partition coefficient (Wildman–Crippen LogP) is 2.50. The van der Waals surface area contributed by atoms with Crippen molar-refractivity contribution < 1.29 is 19.1 Å². The SMILES string of the molecule is Cc1oc2c(N)cccc2c1CN(C)C(=O)/C=C/c1cnc2c(c1)N[C@H](C)[C@H](O)C(=O)N2. The molecule has 0 saturated carbocycles. The van der Waals surface area contributed by atoms with E-state index in [9.17, 15) is 14.7 Å². The Kier molecular flexibility index (Phi) is 5.58. The number of pyridine rings is 1. The van der Waals surface area contributed by atoms with Crippen LogP contribution in [-0.2, 0) is 16.1 Å². The number of aliphatic hydroxyl groups excluding tert-OH is 1. The first-order valence-electron chi connectivity index (χ1n) is 10.2. The Morgan fingerprint density at radius 3 is 2.97 bits per heavy atom. The maximum atomic E-state index is 12.7. The minimum absolute atomic E-state index is 0.192. The van der Waals surface area contributed by atoms with Gasteiger partial charge in [-0.2, -0.15) is 0 Å². The highest BCUT2D eigenvalue weighted by molar-refractivity contribution is 5.98. The molecule has 0 aliphatic carbocycles. The summed E-state index contributed by atoms with van der Waals surface area (Å²) in [5.41, 5.74) is 9.34. The van der Waals surface area contributed by atoms with Crippen LogP contribution >= 0.6 is 0 Å². The summed E-state index contributed by atoms with van der Waals surface area (Å²) >= 11 is 0. The molecular formula is C23H25N5O4. The van der Waals surface area contributed by atoms with Crippen molar-refractivity contribution in [3.8, 4) is 0 Å². The Bertz CT molecular complexity index is 1230. The average molecular weight is 435 g/mol. The number of nitrogens with two attached hydrogens (primary N) is 1. The third-order valence-corrected chi connectivity index (χ3v) is 5.52. The summed E-state index contributed by atoms with van der Waals surface area (Å²) in [5, 5.41) is 16.5. The molecule has 1 aliphatic heterocycles. The van der Waals surface area contributed by atoms with Gasteiger partial charge in [0, 0.05) is 36.8 Å². The number of nitrogens with one attached hydrogen (secondary N) is 2. The summed E-state index contributed by atoms with van der Waals surface area (Å²) in [6.45, 7) is 3.93. The minimum Gasteiger partial charge on any atom is -0.459 e. The van der Waals surface area contributed by atoms with Gasteiger partial charge in [-0.3, -0.25) is 9.59 Å². The van der Waals surface area contributed by atoms with Crippen LogP contribution in [-0.4, -0.2) is 46.0 Å².